The number of nitrogens with one attached hydrogen (secondary N) is 3. The molecular weight excluding hydrogens is 557 g/mol. The van der Waals surface area contributed by atoms with Gasteiger partial charge in [-0.3, -0.25) is 4.79 Å². The summed E-state index contributed by atoms with van der Waals surface area (Å²) in [5.74, 6) is 0.908. The van der Waals surface area contributed by atoms with Crippen LogP contribution < -0.4 is 16.0 Å². The van der Waals surface area contributed by atoms with Crippen LogP contribution in [0.4, 0.5) is 10.1 Å². The zero-order valence-corrected chi connectivity index (χ0v) is 26.2. The molecule has 1 aliphatic heterocycles. The van der Waals surface area contributed by atoms with Crippen molar-refractivity contribution in [2.24, 2.45) is 5.92 Å². The van der Waals surface area contributed by atoms with Gasteiger partial charge in [-0.25, -0.2) is 4.39 Å². The molecule has 3 N–H and O–H groups in total. The summed E-state index contributed by atoms with van der Waals surface area (Å²) in [5, 5.41) is 11.2. The van der Waals surface area contributed by atoms with Crippen molar-refractivity contribution in [1.29, 1.82) is 0 Å². The monoisotopic (exact) mass is 603 g/mol. The van der Waals surface area contributed by atoms with Crippen LogP contribution in [0.15, 0.2) is 42.5 Å². The van der Waals surface area contributed by atoms with Gasteiger partial charge in [0, 0.05) is 47.9 Å². The van der Waals surface area contributed by atoms with Gasteiger partial charge >= 0.3 is 0 Å². The Morgan fingerprint density at radius 2 is 2.05 bits per heavy atom. The van der Waals surface area contributed by atoms with E-state index in [4.69, 9.17) is 16.3 Å². The average molecular weight is 604 g/mol. The minimum absolute atomic E-state index is 0.0410. The van der Waals surface area contributed by atoms with Crippen LogP contribution in [0.5, 0.6) is 0 Å². The van der Waals surface area contributed by atoms with E-state index < -0.39 is 0 Å². The Labute approximate surface area is 256 Å². The Bertz CT molecular complexity index is 1120. The van der Waals surface area contributed by atoms with Gasteiger partial charge < -0.3 is 20.7 Å². The van der Waals surface area contributed by atoms with Gasteiger partial charge in [-0.15, -0.1) is 0 Å². The Hall–Kier alpha value is -1.64. The molecule has 1 amide bonds. The molecule has 0 radical (unpaired) electrons. The van der Waals surface area contributed by atoms with Crippen LogP contribution in [-0.2, 0) is 16.0 Å². The van der Waals surface area contributed by atoms with Gasteiger partial charge in [0.1, 0.15) is 5.82 Å². The number of amides is 1. The van der Waals surface area contributed by atoms with E-state index in [2.05, 4.69) is 35.5 Å². The molecule has 5 unspecified atom stereocenters. The van der Waals surface area contributed by atoms with Crippen molar-refractivity contribution in [1.82, 2.24) is 10.6 Å². The van der Waals surface area contributed by atoms with E-state index in [0.29, 0.717) is 41.1 Å². The van der Waals surface area contributed by atoms with Crippen LogP contribution >= 0.6 is 24.2 Å². The van der Waals surface area contributed by atoms with Crippen LogP contribution in [-0.4, -0.2) is 49.5 Å². The molecule has 1 saturated heterocycles. The number of benzene rings is 2. The zero-order chi connectivity index (χ0) is 29.2. The molecule has 0 aromatic heterocycles. The van der Waals surface area contributed by atoms with E-state index in [1.54, 1.807) is 13.2 Å². The highest BCUT2D eigenvalue weighted by Crippen LogP contribution is 2.40. The van der Waals surface area contributed by atoms with Crippen LogP contribution in [0, 0.1) is 11.7 Å². The molecule has 1 saturated carbocycles. The van der Waals surface area contributed by atoms with Crippen molar-refractivity contribution >= 4 is 35.8 Å². The van der Waals surface area contributed by atoms with Crippen LogP contribution in [0.2, 0.25) is 5.02 Å². The fourth-order valence-electron chi connectivity index (χ4n) is 6.60. The summed E-state index contributed by atoms with van der Waals surface area (Å²) in [4.78, 5) is 13.5. The van der Waals surface area contributed by atoms with E-state index in [9.17, 15) is 4.79 Å². The highest BCUT2D eigenvalue weighted by molar-refractivity contribution is 7.80. The lowest BCUT2D eigenvalue weighted by Crippen LogP contribution is -2.44. The van der Waals surface area contributed by atoms with Gasteiger partial charge in [-0.1, -0.05) is 36.2 Å². The smallest absolute Gasteiger partial charge is 0.225 e. The number of rotatable bonds is 12. The highest BCUT2D eigenvalue weighted by Gasteiger charge is 2.32. The summed E-state index contributed by atoms with van der Waals surface area (Å²) in [6.45, 7) is 4.05. The van der Waals surface area contributed by atoms with Crippen molar-refractivity contribution in [2.75, 3.05) is 31.3 Å². The molecule has 8 heteroatoms. The first-order chi connectivity index (χ1) is 19.8. The lowest BCUT2D eigenvalue weighted by atomic mass is 9.74. The molecule has 226 valence electrons. The molecule has 0 spiro atoms. The maximum Gasteiger partial charge on any atom is 0.225 e. The largest absolute Gasteiger partial charge is 0.381 e. The Balaban J connectivity index is 1.44. The van der Waals surface area contributed by atoms with Gasteiger partial charge in [0.25, 0.3) is 0 Å². The molecule has 5 nitrogen and oxygen atoms in total. The Morgan fingerprint density at radius 1 is 1.24 bits per heavy atom. The van der Waals surface area contributed by atoms with Gasteiger partial charge in [0.05, 0.1) is 6.10 Å². The molecule has 1 aliphatic carbocycles. The first-order valence-electron chi connectivity index (χ1n) is 15.2. The van der Waals surface area contributed by atoms with Gasteiger partial charge in [-0.2, -0.15) is 12.6 Å². The van der Waals surface area contributed by atoms with Crippen molar-refractivity contribution in [2.45, 2.75) is 94.7 Å². The quantitative estimate of drug-likeness (QED) is 0.195. The van der Waals surface area contributed by atoms with E-state index in [1.165, 1.54) is 6.07 Å². The lowest BCUT2D eigenvalue weighted by Gasteiger charge is -2.34. The fourth-order valence-corrected chi connectivity index (χ4v) is 6.91. The molecule has 2 aromatic carbocycles. The van der Waals surface area contributed by atoms with Crippen molar-refractivity contribution in [3.8, 4) is 0 Å². The number of thiol groups is 1. The number of anilines is 1. The number of carbonyl (C=O) groups excluding carboxylic acids is 1. The van der Waals surface area contributed by atoms with E-state index >= 15 is 4.39 Å². The maximum atomic E-state index is 15.2. The molecule has 1 heterocycles. The third-order valence-corrected chi connectivity index (χ3v) is 9.76. The summed E-state index contributed by atoms with van der Waals surface area (Å²) < 4.78 is 20.9. The van der Waals surface area contributed by atoms with Crippen molar-refractivity contribution in [3.63, 3.8) is 0 Å². The number of carbonyl (C=O) groups is 1. The third kappa shape index (κ3) is 9.42. The second-order valence-corrected chi connectivity index (χ2v) is 13.1. The lowest BCUT2D eigenvalue weighted by molar-refractivity contribution is -0.117. The number of hydrogen-bond donors (Lipinski definition) is 4. The predicted octanol–water partition coefficient (Wildman–Crippen LogP) is 7.15. The Kier molecular flexibility index (Phi) is 12.4. The van der Waals surface area contributed by atoms with Gasteiger partial charge in [0.2, 0.25) is 5.91 Å². The van der Waals surface area contributed by atoms with Crippen molar-refractivity contribution < 1.29 is 13.9 Å². The average Bonchev–Trinajstić information content (AvgIpc) is 3.16. The first kappa shape index (κ1) is 32.3. The summed E-state index contributed by atoms with van der Waals surface area (Å²) in [6.07, 6.45) is 9.15. The summed E-state index contributed by atoms with van der Waals surface area (Å²) in [6, 6.07) is 13.3. The normalized spacial score (nSPS) is 25.8. The standard InChI is InChI=1S/C33H47ClFN3O2S/c1-33(17-18-36-26(22-37-33)7-5-19-41)16-15-28-30(35)9-4-10-31(28)38-32(39)21-29(23-11-13-25(34)14-12-23)24-6-3-8-27(20-24)40-2/h4,9-14,24,26-27,29,36-37,41H,3,5-8,15-22H2,1-2H3,(H,38,39). The number of halogens is 2. The van der Waals surface area contributed by atoms with Gasteiger partial charge in [0.15, 0.2) is 0 Å². The van der Waals surface area contributed by atoms with E-state index in [1.807, 2.05) is 30.3 Å². The van der Waals surface area contributed by atoms with Crippen molar-refractivity contribution in [3.05, 3.63) is 64.4 Å². The summed E-state index contributed by atoms with van der Waals surface area (Å²) in [5.41, 5.74) is 2.16. The number of hydrogen-bond acceptors (Lipinski definition) is 5. The molecule has 0 bridgehead atoms. The molecule has 4 rings (SSSR count). The van der Waals surface area contributed by atoms with Gasteiger partial charge in [-0.05, 0) is 112 Å². The van der Waals surface area contributed by atoms with Crippen LogP contribution in [0.1, 0.15) is 81.8 Å². The van der Waals surface area contributed by atoms with E-state index in [-0.39, 0.29) is 29.3 Å². The fraction of sp³-hybridized carbons (Fsp3) is 0.606. The minimum atomic E-state index is -0.269. The molecule has 5 atom stereocenters. The second kappa shape index (κ2) is 15.7. The highest BCUT2D eigenvalue weighted by atomic mass is 35.5. The second-order valence-electron chi connectivity index (χ2n) is 12.2. The predicted molar refractivity (Wildman–Crippen MR) is 171 cm³/mol. The molecule has 2 aliphatic rings. The minimum Gasteiger partial charge on any atom is -0.381 e. The zero-order valence-electron chi connectivity index (χ0n) is 24.6. The molecular formula is C33H47ClFN3O2S. The molecule has 2 aromatic rings. The molecule has 41 heavy (non-hydrogen) atoms. The summed E-state index contributed by atoms with van der Waals surface area (Å²) >= 11 is 10.5. The summed E-state index contributed by atoms with van der Waals surface area (Å²) in [7, 11) is 1.77. The Morgan fingerprint density at radius 3 is 2.80 bits per heavy atom. The number of methoxy groups -OCH3 is 1. The maximum absolute atomic E-state index is 15.2. The first-order valence-corrected chi connectivity index (χ1v) is 16.3. The van der Waals surface area contributed by atoms with E-state index in [0.717, 1.165) is 75.8 Å². The molecule has 2 fully saturated rings. The third-order valence-electron chi connectivity index (χ3n) is 9.19. The van der Waals surface area contributed by atoms with Crippen LogP contribution in [0.3, 0.4) is 0 Å². The topological polar surface area (TPSA) is 62.4 Å². The number of ether oxygens (including phenoxy) is 1. The van der Waals surface area contributed by atoms with Crippen LogP contribution in [0.25, 0.3) is 0 Å². The SMILES string of the molecule is COC1CCCC(C(CC(=O)Nc2cccc(F)c2CCC2(C)CCNC(CCCS)CN2)c2ccc(Cl)cc2)C1.